The van der Waals surface area contributed by atoms with E-state index >= 15 is 0 Å². The van der Waals surface area contributed by atoms with Gasteiger partial charge in [0.2, 0.25) is 0 Å². The molecule has 0 aromatic carbocycles. The molecule has 1 saturated carbocycles. The van der Waals surface area contributed by atoms with Gasteiger partial charge in [-0.15, -0.1) is 21.5 Å². The molecule has 1 aliphatic carbocycles. The minimum absolute atomic E-state index is 0.227. The predicted octanol–water partition coefficient (Wildman–Crippen LogP) is 4.38. The van der Waals surface area contributed by atoms with Crippen molar-refractivity contribution in [3.63, 3.8) is 0 Å². The fraction of sp³-hybridized carbons (Fsp3) is 0.600. The van der Waals surface area contributed by atoms with E-state index in [1.54, 1.807) is 13.8 Å². The van der Waals surface area contributed by atoms with Crippen molar-refractivity contribution in [3.05, 3.63) is 21.8 Å². The van der Waals surface area contributed by atoms with Gasteiger partial charge in [-0.05, 0) is 33.6 Å². The Morgan fingerprint density at radius 3 is 2.47 bits per heavy atom. The largest absolute Gasteiger partial charge is 0.462 e. The number of rotatable bonds is 8. The second kappa shape index (κ2) is 10.3. The number of carbonyl (C=O) groups excluding carboxylic acids is 2. The van der Waals surface area contributed by atoms with E-state index < -0.39 is 11.9 Å². The van der Waals surface area contributed by atoms with Crippen LogP contribution in [0.1, 0.15) is 83.4 Å². The van der Waals surface area contributed by atoms with Gasteiger partial charge in [0.05, 0.1) is 18.8 Å². The van der Waals surface area contributed by atoms with Crippen molar-refractivity contribution in [1.82, 2.24) is 14.8 Å². The van der Waals surface area contributed by atoms with Gasteiger partial charge in [0.15, 0.2) is 5.16 Å². The number of nitrogen functional groups attached to an aromatic ring is 1. The monoisotopic (exact) mass is 452 g/mol. The lowest BCUT2D eigenvalue weighted by molar-refractivity contribution is 0.0527. The van der Waals surface area contributed by atoms with Crippen molar-refractivity contribution in [2.45, 2.75) is 69.8 Å². The fourth-order valence-corrected chi connectivity index (χ4v) is 5.90. The Hall–Kier alpha value is -2.07. The summed E-state index contributed by atoms with van der Waals surface area (Å²) >= 11 is 2.51. The fourth-order valence-electron chi connectivity index (χ4n) is 3.76. The number of anilines is 1. The molecule has 30 heavy (non-hydrogen) atoms. The van der Waals surface area contributed by atoms with Crippen molar-refractivity contribution in [2.24, 2.45) is 0 Å². The highest BCUT2D eigenvalue weighted by Gasteiger charge is 2.29. The molecule has 0 radical (unpaired) electrons. The Bertz CT molecular complexity index is 903. The van der Waals surface area contributed by atoms with E-state index in [4.69, 9.17) is 15.2 Å². The van der Waals surface area contributed by atoms with Crippen LogP contribution in [0.5, 0.6) is 0 Å². The number of nitrogens with zero attached hydrogens (tertiary/aromatic N) is 3. The predicted molar refractivity (Wildman–Crippen MR) is 117 cm³/mol. The second-order valence-corrected chi connectivity index (χ2v) is 9.06. The SMILES string of the molecule is CCOC(=O)c1sc(N)c(C(=O)OCC)c1CSc1nnc(C)n1C1CCCCC1. The number of thiophene rings is 1. The smallest absolute Gasteiger partial charge is 0.348 e. The lowest BCUT2D eigenvalue weighted by Crippen LogP contribution is -2.15. The summed E-state index contributed by atoms with van der Waals surface area (Å²) in [5.41, 5.74) is 6.88. The maximum atomic E-state index is 12.5. The summed E-state index contributed by atoms with van der Waals surface area (Å²) in [5, 5.41) is 9.67. The van der Waals surface area contributed by atoms with Crippen LogP contribution in [0.2, 0.25) is 0 Å². The number of hydrogen-bond acceptors (Lipinski definition) is 9. The van der Waals surface area contributed by atoms with E-state index in [1.165, 1.54) is 31.0 Å². The molecule has 0 amide bonds. The summed E-state index contributed by atoms with van der Waals surface area (Å²) in [6.07, 6.45) is 5.89. The number of thioether (sulfide) groups is 1. The number of aryl methyl sites for hydroxylation is 1. The molecule has 2 N–H and O–H groups in total. The summed E-state index contributed by atoms with van der Waals surface area (Å²) in [4.78, 5) is 25.3. The summed E-state index contributed by atoms with van der Waals surface area (Å²) in [5.74, 6) is 0.221. The average Bonchev–Trinajstić information content (AvgIpc) is 3.26. The standard InChI is InChI=1S/C20H28N4O4S2/c1-4-27-18(25)15-14(16(30-17(15)21)19(26)28-5-2)11-29-20-23-22-12(3)24(20)13-9-7-6-8-10-13/h13H,4-11,21H2,1-3H3. The lowest BCUT2D eigenvalue weighted by atomic mass is 9.95. The summed E-state index contributed by atoms with van der Waals surface area (Å²) in [7, 11) is 0. The van der Waals surface area contributed by atoms with Gasteiger partial charge in [-0.1, -0.05) is 31.0 Å². The van der Waals surface area contributed by atoms with E-state index in [9.17, 15) is 9.59 Å². The van der Waals surface area contributed by atoms with Crippen molar-refractivity contribution >= 4 is 40.0 Å². The Morgan fingerprint density at radius 2 is 1.80 bits per heavy atom. The van der Waals surface area contributed by atoms with Gasteiger partial charge in [-0.25, -0.2) is 9.59 Å². The van der Waals surface area contributed by atoms with E-state index in [-0.39, 0.29) is 23.8 Å². The average molecular weight is 453 g/mol. The van der Waals surface area contributed by atoms with Gasteiger partial charge in [-0.2, -0.15) is 0 Å². The van der Waals surface area contributed by atoms with Gasteiger partial charge in [-0.3, -0.25) is 0 Å². The molecule has 0 bridgehead atoms. The molecule has 0 saturated heterocycles. The molecular weight excluding hydrogens is 424 g/mol. The lowest BCUT2D eigenvalue weighted by Gasteiger charge is -2.25. The van der Waals surface area contributed by atoms with Crippen molar-refractivity contribution in [1.29, 1.82) is 0 Å². The highest BCUT2D eigenvalue weighted by Crippen LogP contribution is 2.38. The quantitative estimate of drug-likeness (QED) is 0.464. The molecule has 8 nitrogen and oxygen atoms in total. The van der Waals surface area contributed by atoms with E-state index in [0.29, 0.717) is 22.2 Å². The van der Waals surface area contributed by atoms with Crippen molar-refractivity contribution in [3.8, 4) is 0 Å². The molecule has 3 rings (SSSR count). The Morgan fingerprint density at radius 1 is 1.13 bits per heavy atom. The topological polar surface area (TPSA) is 109 Å². The number of ether oxygens (including phenoxy) is 2. The third kappa shape index (κ3) is 4.80. The summed E-state index contributed by atoms with van der Waals surface area (Å²) in [6.45, 7) is 5.90. The molecule has 0 unspecified atom stereocenters. The number of esters is 2. The zero-order valence-electron chi connectivity index (χ0n) is 17.6. The molecule has 2 heterocycles. The van der Waals surface area contributed by atoms with Crippen molar-refractivity contribution in [2.75, 3.05) is 18.9 Å². The third-order valence-electron chi connectivity index (χ3n) is 5.10. The minimum Gasteiger partial charge on any atom is -0.462 e. The Labute approximate surface area is 184 Å². The van der Waals surface area contributed by atoms with Gasteiger partial charge < -0.3 is 19.8 Å². The van der Waals surface area contributed by atoms with Crippen LogP contribution in [0.25, 0.3) is 0 Å². The molecule has 0 atom stereocenters. The van der Waals surface area contributed by atoms with Crippen LogP contribution >= 0.6 is 23.1 Å². The third-order valence-corrected chi connectivity index (χ3v) is 7.11. The van der Waals surface area contributed by atoms with Crippen LogP contribution in [0.15, 0.2) is 5.16 Å². The molecule has 0 spiro atoms. The summed E-state index contributed by atoms with van der Waals surface area (Å²) < 4.78 is 12.5. The van der Waals surface area contributed by atoms with Crippen LogP contribution in [-0.4, -0.2) is 39.9 Å². The first kappa shape index (κ1) is 22.6. The van der Waals surface area contributed by atoms with Gasteiger partial charge in [0.1, 0.15) is 15.7 Å². The first-order chi connectivity index (χ1) is 14.5. The molecular formula is C20H28N4O4S2. The number of nitrogens with two attached hydrogens (primary N) is 1. The van der Waals surface area contributed by atoms with Gasteiger partial charge in [0, 0.05) is 17.4 Å². The van der Waals surface area contributed by atoms with E-state index in [1.807, 2.05) is 6.92 Å². The van der Waals surface area contributed by atoms with Crippen LogP contribution in [0.3, 0.4) is 0 Å². The molecule has 2 aromatic rings. The van der Waals surface area contributed by atoms with Crippen molar-refractivity contribution < 1.29 is 19.1 Å². The van der Waals surface area contributed by atoms with Gasteiger partial charge in [0.25, 0.3) is 0 Å². The first-order valence-corrected chi connectivity index (χ1v) is 12.1. The molecule has 1 aliphatic rings. The van der Waals surface area contributed by atoms with Crippen LogP contribution in [0, 0.1) is 6.92 Å². The molecule has 0 aliphatic heterocycles. The molecule has 1 fully saturated rings. The van der Waals surface area contributed by atoms with Crippen LogP contribution in [0.4, 0.5) is 5.00 Å². The summed E-state index contributed by atoms with van der Waals surface area (Å²) in [6, 6.07) is 0.387. The maximum absolute atomic E-state index is 12.5. The highest BCUT2D eigenvalue weighted by atomic mass is 32.2. The highest BCUT2D eigenvalue weighted by molar-refractivity contribution is 7.98. The van der Waals surface area contributed by atoms with E-state index in [2.05, 4.69) is 14.8 Å². The zero-order valence-corrected chi connectivity index (χ0v) is 19.2. The second-order valence-electron chi connectivity index (χ2n) is 7.07. The normalized spacial score (nSPS) is 14.6. The minimum atomic E-state index is -0.526. The number of carbonyl (C=O) groups is 2. The first-order valence-electron chi connectivity index (χ1n) is 10.3. The van der Waals surface area contributed by atoms with E-state index in [0.717, 1.165) is 35.2 Å². The number of aromatic nitrogens is 3. The maximum Gasteiger partial charge on any atom is 0.348 e. The molecule has 10 heteroatoms. The molecule has 164 valence electrons. The van der Waals surface area contributed by atoms with Crippen LogP contribution in [-0.2, 0) is 15.2 Å². The zero-order chi connectivity index (χ0) is 21.7. The number of hydrogen-bond donors (Lipinski definition) is 1. The Balaban J connectivity index is 1.90. The van der Waals surface area contributed by atoms with Crippen LogP contribution < -0.4 is 5.73 Å². The Kier molecular flexibility index (Phi) is 7.76. The van der Waals surface area contributed by atoms with Gasteiger partial charge >= 0.3 is 11.9 Å². The molecule has 2 aromatic heterocycles.